The summed E-state index contributed by atoms with van der Waals surface area (Å²) in [4.78, 5) is 51.3. The zero-order valence-electron chi connectivity index (χ0n) is 28.3. The van der Waals surface area contributed by atoms with E-state index in [0.29, 0.717) is 5.71 Å². The summed E-state index contributed by atoms with van der Waals surface area (Å²) < 4.78 is 0. The Morgan fingerprint density at radius 3 is 2.06 bits per heavy atom. The number of benzene rings is 3. The van der Waals surface area contributed by atoms with Gasteiger partial charge in [0, 0.05) is 48.1 Å². The van der Waals surface area contributed by atoms with E-state index in [9.17, 15) is 19.5 Å². The maximum absolute atomic E-state index is 11.5. The van der Waals surface area contributed by atoms with Gasteiger partial charge in [-0.2, -0.15) is 5.16 Å². The first-order valence-electron chi connectivity index (χ1n) is 16.2. The van der Waals surface area contributed by atoms with E-state index >= 15 is 0 Å². The molecule has 7 rings (SSSR count). The summed E-state index contributed by atoms with van der Waals surface area (Å²) >= 11 is 3.70. The summed E-state index contributed by atoms with van der Waals surface area (Å²) in [5, 5.41) is 41.5. The third kappa shape index (κ3) is 10.4. The fourth-order valence-electron chi connectivity index (χ4n) is 5.85. The number of rotatable bonds is 8. The number of hydrogen-bond donors (Lipinski definition) is 3. The summed E-state index contributed by atoms with van der Waals surface area (Å²) in [7, 11) is -1.06. The van der Waals surface area contributed by atoms with Crippen LogP contribution >= 0.6 is 12.2 Å². The van der Waals surface area contributed by atoms with Gasteiger partial charge in [-0.05, 0) is 60.7 Å². The summed E-state index contributed by atoms with van der Waals surface area (Å²) in [6.45, 7) is 0. The summed E-state index contributed by atoms with van der Waals surface area (Å²) in [6, 6.07) is 34.3. The van der Waals surface area contributed by atoms with E-state index in [1.54, 1.807) is 0 Å². The van der Waals surface area contributed by atoms with Crippen molar-refractivity contribution in [2.24, 2.45) is 15.9 Å². The normalized spacial score (nSPS) is 15.5. The number of fused-ring (bicyclic) bond motifs is 1. The molecule has 3 N–H and O–H groups in total. The van der Waals surface area contributed by atoms with E-state index in [0.717, 1.165) is 5.52 Å². The van der Waals surface area contributed by atoms with Gasteiger partial charge in [0.25, 0.3) is 0 Å². The summed E-state index contributed by atoms with van der Waals surface area (Å²) in [6.07, 6.45) is 7.58. The number of carboxylic acid groups (broad SMARTS) is 3. The molecule has 2 aromatic heterocycles. The SMILES string of the molecule is O=C(O)C1=CC=NC(C2=NC(c3cc(C(=O)O)ccn3)=CC(C(=O)O)C2)C1.[N-]=C=S.[Ru+].c1ccc([Si+](c2ccccc2)c2cccc3cccnc23)cc1. The first-order valence-corrected chi connectivity index (χ1v) is 18.1. The Hall–Kier alpha value is -5.91. The monoisotopic (exact) mass is 839 g/mol. The van der Waals surface area contributed by atoms with Gasteiger partial charge in [-0.1, -0.05) is 66.8 Å². The van der Waals surface area contributed by atoms with E-state index < -0.39 is 38.7 Å². The van der Waals surface area contributed by atoms with Crippen LogP contribution in [0.5, 0.6) is 0 Å². The molecule has 0 spiro atoms. The number of carbonyl (C=O) groups is 3. The zero-order chi connectivity index (χ0) is 37.7. The van der Waals surface area contributed by atoms with Gasteiger partial charge >= 0.3 is 46.2 Å². The molecule has 0 fully saturated rings. The van der Waals surface area contributed by atoms with Gasteiger partial charge in [0.15, 0.2) is 0 Å². The molecule has 54 heavy (non-hydrogen) atoms. The number of aliphatic carboxylic acids is 2. The van der Waals surface area contributed by atoms with Crippen LogP contribution in [0.15, 0.2) is 143 Å². The van der Waals surface area contributed by atoms with Crippen LogP contribution in [0.4, 0.5) is 0 Å². The Bertz CT molecular complexity index is 2250. The Morgan fingerprint density at radius 2 is 1.44 bits per heavy atom. The van der Waals surface area contributed by atoms with Crippen LogP contribution in [0.25, 0.3) is 22.0 Å². The number of allylic oxidation sites excluding steroid dienone is 1. The molecule has 0 amide bonds. The van der Waals surface area contributed by atoms with Crippen molar-refractivity contribution in [1.82, 2.24) is 9.97 Å². The van der Waals surface area contributed by atoms with E-state index in [1.807, 2.05) is 12.3 Å². The molecule has 0 saturated carbocycles. The van der Waals surface area contributed by atoms with E-state index in [4.69, 9.17) is 15.6 Å². The van der Waals surface area contributed by atoms with Crippen LogP contribution in [-0.4, -0.2) is 75.1 Å². The largest absolute Gasteiger partial charge is 1.00 e. The minimum absolute atomic E-state index is 0. The molecule has 4 heterocycles. The van der Waals surface area contributed by atoms with Crippen molar-refractivity contribution in [3.63, 3.8) is 0 Å². The molecule has 2 unspecified atom stereocenters. The maximum atomic E-state index is 11.5. The molecule has 3 aromatic carbocycles. The molecule has 0 aliphatic carbocycles. The molecule has 2 atom stereocenters. The third-order valence-corrected chi connectivity index (χ3v) is 11.0. The van der Waals surface area contributed by atoms with Gasteiger partial charge in [-0.15, -0.1) is 0 Å². The van der Waals surface area contributed by atoms with E-state index in [-0.39, 0.29) is 54.8 Å². The van der Waals surface area contributed by atoms with Crippen molar-refractivity contribution in [3.05, 3.63) is 150 Å². The minimum atomic E-state index is -1.14. The van der Waals surface area contributed by atoms with Gasteiger partial charge in [-0.25, -0.2) is 9.59 Å². The number of carboxylic acids is 3. The smallest absolute Gasteiger partial charge is 0.753 e. The third-order valence-electron chi connectivity index (χ3n) is 8.28. The van der Waals surface area contributed by atoms with Gasteiger partial charge in [0.1, 0.15) is 21.1 Å². The standard InChI is InChI=1S/C21H16NSi.C18H15N3O6.CNS.Ru/c1-3-11-18(12-4-1)23(19-13-5-2-6-14-19)20-15-7-9-17-10-8-16-22-21(17)20;22-16(23)9-1-3-19-12(5-9)14-7-11(18(26)27)8-15(21-14)13-6-10(17(24)25)2-4-20-13;2-1-3;/h1-16H;1-5,7,11,13H,6,8H2,(H,22,23)(H,24,25)(H,26,27);;/q+1;;-1;+1. The van der Waals surface area contributed by atoms with Gasteiger partial charge in [-0.3, -0.25) is 24.7 Å². The van der Waals surface area contributed by atoms with Crippen LogP contribution in [0.3, 0.4) is 0 Å². The van der Waals surface area contributed by atoms with Crippen LogP contribution < -0.4 is 15.6 Å². The topological polar surface area (TPSA) is 185 Å². The molecule has 11 nitrogen and oxygen atoms in total. The molecular formula is C40H31N5O6RuSSi+. The number of aromatic carboxylic acids is 1. The first-order chi connectivity index (χ1) is 25.7. The summed E-state index contributed by atoms with van der Waals surface area (Å²) in [5.74, 6) is -4.16. The molecule has 14 heteroatoms. The van der Waals surface area contributed by atoms with Crippen LogP contribution in [0.1, 0.15) is 28.9 Å². The second kappa shape index (κ2) is 19.8. The van der Waals surface area contributed by atoms with Gasteiger partial charge < -0.3 is 20.7 Å². The van der Waals surface area contributed by atoms with Gasteiger partial charge in [0.05, 0.1) is 28.9 Å². The summed E-state index contributed by atoms with van der Waals surface area (Å²) in [5.41, 5.74) is 2.16. The fraction of sp³-hybridized carbons (Fsp3) is 0.100. The minimum Gasteiger partial charge on any atom is -0.753 e. The Balaban J connectivity index is 0.000000223. The number of hydrogen-bond acceptors (Lipinski definition) is 8. The second-order valence-electron chi connectivity index (χ2n) is 11.6. The van der Waals surface area contributed by atoms with Crippen LogP contribution in [0.2, 0.25) is 0 Å². The number of pyridine rings is 2. The molecule has 1 radical (unpaired) electrons. The second-order valence-corrected chi connectivity index (χ2v) is 14.3. The predicted molar refractivity (Wildman–Crippen MR) is 210 cm³/mol. The first kappa shape index (κ1) is 40.9. The Kier molecular flexibility index (Phi) is 15.0. The molecule has 2 aliphatic rings. The van der Waals surface area contributed by atoms with Crippen molar-refractivity contribution < 1.29 is 49.2 Å². The molecule has 0 bridgehead atoms. The van der Waals surface area contributed by atoms with Crippen molar-refractivity contribution in [2.45, 2.75) is 18.9 Å². The van der Waals surface area contributed by atoms with Crippen LogP contribution in [0, 0.1) is 5.92 Å². The predicted octanol–water partition coefficient (Wildman–Crippen LogP) is 4.93. The quantitative estimate of drug-likeness (QED) is 0.0845. The maximum Gasteiger partial charge on any atom is 1.00 e. The van der Waals surface area contributed by atoms with Crippen molar-refractivity contribution in [2.75, 3.05) is 0 Å². The van der Waals surface area contributed by atoms with Crippen LogP contribution in [-0.2, 0) is 29.1 Å². The molecular weight excluding hydrogens is 808 g/mol. The fourth-order valence-corrected chi connectivity index (χ4v) is 8.57. The number of thiocarbonyl (C=S) groups is 1. The number of aromatic nitrogens is 2. The zero-order valence-corrected chi connectivity index (χ0v) is 31.9. The van der Waals surface area contributed by atoms with Crippen molar-refractivity contribution in [1.29, 1.82) is 0 Å². The van der Waals surface area contributed by atoms with Crippen molar-refractivity contribution >= 4 is 88.2 Å². The molecule has 2 aliphatic heterocycles. The number of para-hydroxylation sites is 1. The number of dihydropyridines is 1. The molecule has 5 aromatic rings. The molecule has 269 valence electrons. The van der Waals surface area contributed by atoms with Gasteiger partial charge in [0.2, 0.25) is 0 Å². The average Bonchev–Trinajstić information content (AvgIpc) is 3.19. The van der Waals surface area contributed by atoms with Crippen molar-refractivity contribution in [3.8, 4) is 0 Å². The Labute approximate surface area is 330 Å². The number of aliphatic imine (C=N–C) groups is 2. The van der Waals surface area contributed by atoms with E-state index in [2.05, 4.69) is 117 Å². The number of nitrogens with zero attached hydrogens (tertiary/aromatic N) is 5. The number of isothiocyanates is 1. The van der Waals surface area contributed by atoms with E-state index in [1.165, 1.54) is 62.8 Å². The average molecular weight is 839 g/mol. The molecule has 0 saturated heterocycles. The Morgan fingerprint density at radius 1 is 0.796 bits per heavy atom.